The van der Waals surface area contributed by atoms with Crippen molar-refractivity contribution in [3.8, 4) is 5.75 Å². The van der Waals surface area contributed by atoms with Gasteiger partial charge in [0.25, 0.3) is 0 Å². The average molecular weight is 512 g/mol. The van der Waals surface area contributed by atoms with E-state index in [1.165, 1.54) is 12.0 Å². The van der Waals surface area contributed by atoms with E-state index in [-0.39, 0.29) is 12.1 Å². The summed E-state index contributed by atoms with van der Waals surface area (Å²) in [4.78, 5) is 18.2. The highest BCUT2D eigenvalue weighted by Crippen LogP contribution is 2.39. The lowest BCUT2D eigenvalue weighted by Gasteiger charge is -2.35. The van der Waals surface area contributed by atoms with Crippen LogP contribution in [0.3, 0.4) is 0 Å². The van der Waals surface area contributed by atoms with Crippen molar-refractivity contribution in [2.24, 2.45) is 0 Å². The number of carbonyl (C=O) groups excluding carboxylic acids is 1. The van der Waals surface area contributed by atoms with Crippen LogP contribution < -0.4 is 10.1 Å². The zero-order valence-electron chi connectivity index (χ0n) is 20.7. The molecule has 8 heteroatoms. The Morgan fingerprint density at radius 1 is 1.25 bits per heavy atom. The molecule has 0 saturated carbocycles. The quantitative estimate of drug-likeness (QED) is 0.373. The molecule has 1 saturated heterocycles. The maximum absolute atomic E-state index is 12.9. The van der Waals surface area contributed by atoms with Crippen molar-refractivity contribution in [3.05, 3.63) is 64.3 Å². The fraction of sp³-hybridized carbons (Fsp3) is 0.464. The number of rotatable bonds is 9. The molecule has 2 N–H and O–H groups in total. The molecule has 2 aromatic carbocycles. The molecule has 3 aromatic rings. The summed E-state index contributed by atoms with van der Waals surface area (Å²) in [5, 5.41) is 5.27. The van der Waals surface area contributed by atoms with Crippen molar-refractivity contribution in [1.29, 1.82) is 0 Å². The third-order valence-corrected chi connectivity index (χ3v) is 7.18. The van der Waals surface area contributed by atoms with E-state index in [2.05, 4.69) is 10.3 Å². The smallest absolute Gasteiger partial charge is 0.410 e. The van der Waals surface area contributed by atoms with Crippen LogP contribution in [-0.2, 0) is 15.9 Å². The van der Waals surface area contributed by atoms with Gasteiger partial charge in [-0.2, -0.15) is 0 Å². The van der Waals surface area contributed by atoms with Gasteiger partial charge in [0.15, 0.2) is 0 Å². The first-order valence-electron chi connectivity index (χ1n) is 12.9. The van der Waals surface area contributed by atoms with Crippen molar-refractivity contribution >= 4 is 28.6 Å². The molecule has 1 fully saturated rings. The van der Waals surface area contributed by atoms with Gasteiger partial charge >= 0.3 is 6.09 Å². The number of amides is 1. The summed E-state index contributed by atoms with van der Waals surface area (Å²) < 4.78 is 17.0. The zero-order valence-corrected chi connectivity index (χ0v) is 21.5. The number of nitrogens with one attached hydrogen (secondary N) is 2. The number of aromatic nitrogens is 1. The number of nitrogens with zero attached hydrogens (tertiary/aromatic N) is 1. The van der Waals surface area contributed by atoms with Crippen LogP contribution in [0.15, 0.2) is 42.5 Å². The second-order valence-electron chi connectivity index (χ2n) is 9.36. The Labute approximate surface area is 217 Å². The van der Waals surface area contributed by atoms with Gasteiger partial charge < -0.3 is 24.5 Å². The lowest BCUT2D eigenvalue weighted by Crippen LogP contribution is -2.40. The number of ether oxygens (including phenoxy) is 3. The minimum Gasteiger partial charge on any atom is -0.494 e. The Morgan fingerprint density at radius 2 is 2.11 bits per heavy atom. The minimum absolute atomic E-state index is 0.268. The third kappa shape index (κ3) is 5.48. The highest BCUT2D eigenvalue weighted by Gasteiger charge is 2.35. The van der Waals surface area contributed by atoms with Gasteiger partial charge in [-0.3, -0.25) is 4.90 Å². The van der Waals surface area contributed by atoms with Gasteiger partial charge in [-0.15, -0.1) is 0 Å². The summed E-state index contributed by atoms with van der Waals surface area (Å²) in [5.74, 6) is 0.819. The summed E-state index contributed by atoms with van der Waals surface area (Å²) >= 11 is 6.29. The highest BCUT2D eigenvalue weighted by atomic mass is 35.5. The van der Waals surface area contributed by atoms with Crippen LogP contribution >= 0.6 is 11.6 Å². The first-order valence-corrected chi connectivity index (χ1v) is 13.3. The Bertz CT molecular complexity index is 1170. The maximum Gasteiger partial charge on any atom is 0.410 e. The maximum atomic E-state index is 12.9. The molecule has 0 spiro atoms. The van der Waals surface area contributed by atoms with Gasteiger partial charge in [-0.25, -0.2) is 4.79 Å². The predicted molar refractivity (Wildman–Crippen MR) is 141 cm³/mol. The standard InChI is InChI=1S/C28H34ClN3O4/c1-2-34-28(33)32-14-12-23-24-17-20(29)8-11-25(24)31-26(23)27(32)19-6-9-21(10-7-19)35-16-4-13-30-18-22-5-3-15-36-22/h6-11,17,22,27,30-31H,2-5,12-16,18H2,1H3. The molecule has 3 heterocycles. The van der Waals surface area contributed by atoms with Crippen molar-refractivity contribution in [1.82, 2.24) is 15.2 Å². The van der Waals surface area contributed by atoms with Crippen LogP contribution in [0.2, 0.25) is 5.02 Å². The van der Waals surface area contributed by atoms with E-state index in [9.17, 15) is 4.79 Å². The van der Waals surface area contributed by atoms with E-state index >= 15 is 0 Å². The topological polar surface area (TPSA) is 75.8 Å². The fourth-order valence-corrected chi connectivity index (χ4v) is 5.38. The molecular formula is C28H34ClN3O4. The van der Waals surface area contributed by atoms with Gasteiger partial charge in [-0.1, -0.05) is 23.7 Å². The summed E-state index contributed by atoms with van der Waals surface area (Å²) in [5.41, 5.74) is 4.24. The van der Waals surface area contributed by atoms with Gasteiger partial charge in [0.1, 0.15) is 11.8 Å². The number of fused-ring (bicyclic) bond motifs is 3. The molecule has 192 valence electrons. The Hall–Kier alpha value is -2.74. The fourth-order valence-electron chi connectivity index (χ4n) is 5.21. The van der Waals surface area contributed by atoms with Gasteiger partial charge in [0, 0.05) is 41.3 Å². The highest BCUT2D eigenvalue weighted by molar-refractivity contribution is 6.31. The number of hydrogen-bond acceptors (Lipinski definition) is 5. The number of halogens is 1. The van der Waals surface area contributed by atoms with E-state index in [1.54, 1.807) is 4.90 Å². The van der Waals surface area contributed by atoms with Crippen LogP contribution in [-0.4, -0.2) is 61.5 Å². The molecule has 0 aliphatic carbocycles. The molecule has 5 rings (SSSR count). The largest absolute Gasteiger partial charge is 0.494 e. The first kappa shape index (κ1) is 24.9. The van der Waals surface area contributed by atoms with Gasteiger partial charge in [0.2, 0.25) is 0 Å². The van der Waals surface area contributed by atoms with Crippen molar-refractivity contribution in [2.45, 2.75) is 44.8 Å². The predicted octanol–water partition coefficient (Wildman–Crippen LogP) is 5.46. The normalized spacial score (nSPS) is 19.4. The summed E-state index contributed by atoms with van der Waals surface area (Å²) in [6.45, 7) is 6.09. The molecule has 2 aliphatic rings. The van der Waals surface area contributed by atoms with Crippen LogP contribution in [0.1, 0.15) is 49.0 Å². The van der Waals surface area contributed by atoms with Crippen LogP contribution in [0.4, 0.5) is 4.79 Å². The third-order valence-electron chi connectivity index (χ3n) is 6.95. The lowest BCUT2D eigenvalue weighted by molar-refractivity contribution is 0.0932. The summed E-state index contributed by atoms with van der Waals surface area (Å²) in [7, 11) is 0. The van der Waals surface area contributed by atoms with E-state index in [0.717, 1.165) is 66.9 Å². The summed E-state index contributed by atoms with van der Waals surface area (Å²) in [6, 6.07) is 13.6. The molecule has 0 radical (unpaired) electrons. The second-order valence-corrected chi connectivity index (χ2v) is 9.80. The van der Waals surface area contributed by atoms with Gasteiger partial charge in [-0.05, 0) is 80.6 Å². The molecule has 36 heavy (non-hydrogen) atoms. The zero-order chi connectivity index (χ0) is 24.9. The van der Waals surface area contributed by atoms with Crippen molar-refractivity contribution in [3.63, 3.8) is 0 Å². The second kappa shape index (κ2) is 11.5. The monoisotopic (exact) mass is 511 g/mol. The van der Waals surface area contributed by atoms with Crippen molar-refractivity contribution < 1.29 is 19.0 Å². The molecule has 2 unspecified atom stereocenters. The van der Waals surface area contributed by atoms with Crippen molar-refractivity contribution in [2.75, 3.05) is 39.5 Å². The average Bonchev–Trinajstić information content (AvgIpc) is 3.54. The van der Waals surface area contributed by atoms with E-state index < -0.39 is 0 Å². The Balaban J connectivity index is 1.27. The number of aromatic amines is 1. The summed E-state index contributed by atoms with van der Waals surface area (Å²) in [6.07, 6.45) is 4.04. The molecule has 2 atom stereocenters. The SMILES string of the molecule is CCOC(=O)N1CCc2c([nH]c3ccc(Cl)cc23)C1c1ccc(OCCCNCC2CCCO2)cc1. The Kier molecular flexibility index (Phi) is 7.99. The van der Waals surface area contributed by atoms with E-state index in [1.807, 2.05) is 49.4 Å². The molecule has 1 aromatic heterocycles. The van der Waals surface area contributed by atoms with E-state index in [0.29, 0.717) is 30.9 Å². The first-order chi connectivity index (χ1) is 17.6. The number of carbonyl (C=O) groups is 1. The molecule has 0 bridgehead atoms. The van der Waals surface area contributed by atoms with Crippen LogP contribution in [0, 0.1) is 0 Å². The molecular weight excluding hydrogens is 478 g/mol. The minimum atomic E-state index is -0.305. The Morgan fingerprint density at radius 3 is 2.89 bits per heavy atom. The number of benzene rings is 2. The molecule has 1 amide bonds. The van der Waals surface area contributed by atoms with Gasteiger partial charge in [0.05, 0.1) is 19.3 Å². The number of H-pyrrole nitrogens is 1. The van der Waals surface area contributed by atoms with Crippen LogP contribution in [0.25, 0.3) is 10.9 Å². The number of hydrogen-bond donors (Lipinski definition) is 2. The van der Waals surface area contributed by atoms with Crippen LogP contribution in [0.5, 0.6) is 5.75 Å². The molecule has 7 nitrogen and oxygen atoms in total. The molecule has 2 aliphatic heterocycles. The lowest BCUT2D eigenvalue weighted by atomic mass is 9.92. The van der Waals surface area contributed by atoms with E-state index in [4.69, 9.17) is 25.8 Å².